The maximum atomic E-state index is 13.1. The standard InChI is InChI=1S/C17H29N5O3S.ClH/c1-12-15(13(2)20-19-12)26(24,25)22-7-4-5-14(9-22)16(23)21-8-6-17(3,10-18)11-21;/h14H,4-11,18H2,1-3H3,(H,19,20);1H. The van der Waals surface area contributed by atoms with Gasteiger partial charge in [0, 0.05) is 26.2 Å². The second-order valence-electron chi connectivity index (χ2n) is 7.99. The van der Waals surface area contributed by atoms with Gasteiger partial charge in [-0.15, -0.1) is 12.4 Å². The van der Waals surface area contributed by atoms with E-state index in [0.717, 1.165) is 12.8 Å². The van der Waals surface area contributed by atoms with Crippen molar-refractivity contribution in [2.24, 2.45) is 17.1 Å². The minimum atomic E-state index is -3.65. The predicted octanol–water partition coefficient (Wildman–Crippen LogP) is 1.05. The van der Waals surface area contributed by atoms with Gasteiger partial charge >= 0.3 is 0 Å². The largest absolute Gasteiger partial charge is 0.342 e. The number of hydrogen-bond acceptors (Lipinski definition) is 5. The van der Waals surface area contributed by atoms with E-state index in [2.05, 4.69) is 17.1 Å². The second kappa shape index (κ2) is 8.06. The van der Waals surface area contributed by atoms with Crippen LogP contribution in [0.3, 0.4) is 0 Å². The Hall–Kier alpha value is -1.16. The minimum absolute atomic E-state index is 0. The van der Waals surface area contributed by atoms with E-state index in [-0.39, 0.29) is 41.1 Å². The van der Waals surface area contributed by atoms with Crippen molar-refractivity contribution in [1.29, 1.82) is 0 Å². The molecule has 3 heterocycles. The Labute approximate surface area is 167 Å². The lowest BCUT2D eigenvalue weighted by atomic mass is 9.90. The molecule has 2 unspecified atom stereocenters. The van der Waals surface area contributed by atoms with E-state index < -0.39 is 10.0 Å². The van der Waals surface area contributed by atoms with Crippen LogP contribution in [0, 0.1) is 25.2 Å². The van der Waals surface area contributed by atoms with E-state index >= 15 is 0 Å². The number of hydrogen-bond donors (Lipinski definition) is 2. The Balaban J connectivity index is 0.00000261. The highest BCUT2D eigenvalue weighted by atomic mass is 35.5. The van der Waals surface area contributed by atoms with E-state index in [1.165, 1.54) is 4.31 Å². The number of aromatic amines is 1. The van der Waals surface area contributed by atoms with Crippen molar-refractivity contribution in [1.82, 2.24) is 19.4 Å². The molecule has 2 saturated heterocycles. The molecule has 1 aromatic rings. The van der Waals surface area contributed by atoms with Crippen LogP contribution in [0.2, 0.25) is 0 Å². The zero-order valence-electron chi connectivity index (χ0n) is 16.2. The number of H-pyrrole nitrogens is 1. The van der Waals surface area contributed by atoms with Gasteiger partial charge in [-0.05, 0) is 45.1 Å². The summed E-state index contributed by atoms with van der Waals surface area (Å²) in [5, 5.41) is 6.74. The monoisotopic (exact) mass is 419 g/mol. The lowest BCUT2D eigenvalue weighted by Gasteiger charge is -2.33. The highest BCUT2D eigenvalue weighted by Gasteiger charge is 2.40. The Bertz CT molecular complexity index is 777. The summed E-state index contributed by atoms with van der Waals surface area (Å²) in [5.41, 5.74) is 6.81. The summed E-state index contributed by atoms with van der Waals surface area (Å²) in [6.45, 7) is 8.08. The molecule has 154 valence electrons. The average Bonchev–Trinajstić information content (AvgIpc) is 3.18. The number of aromatic nitrogens is 2. The molecule has 1 aromatic heterocycles. The first kappa shape index (κ1) is 22.1. The Morgan fingerprint density at radius 1 is 1.37 bits per heavy atom. The maximum Gasteiger partial charge on any atom is 0.246 e. The first-order valence-electron chi connectivity index (χ1n) is 9.18. The number of nitrogens with zero attached hydrogens (tertiary/aromatic N) is 3. The molecule has 0 spiro atoms. The van der Waals surface area contributed by atoms with Crippen molar-refractivity contribution >= 4 is 28.3 Å². The van der Waals surface area contributed by atoms with Gasteiger partial charge in [0.2, 0.25) is 15.9 Å². The van der Waals surface area contributed by atoms with Crippen molar-refractivity contribution < 1.29 is 13.2 Å². The Morgan fingerprint density at radius 3 is 2.63 bits per heavy atom. The van der Waals surface area contributed by atoms with Gasteiger partial charge in [0.25, 0.3) is 0 Å². The molecule has 0 bridgehead atoms. The molecular formula is C17H30ClN5O3S. The highest BCUT2D eigenvalue weighted by Crippen LogP contribution is 2.32. The van der Waals surface area contributed by atoms with E-state index in [0.29, 0.717) is 44.0 Å². The lowest BCUT2D eigenvalue weighted by Crippen LogP contribution is -2.47. The fourth-order valence-electron chi connectivity index (χ4n) is 4.05. The van der Waals surface area contributed by atoms with Gasteiger partial charge in [-0.3, -0.25) is 9.89 Å². The van der Waals surface area contributed by atoms with Gasteiger partial charge in [0.15, 0.2) is 0 Å². The van der Waals surface area contributed by atoms with Crippen LogP contribution in [-0.2, 0) is 14.8 Å². The summed E-state index contributed by atoms with van der Waals surface area (Å²) in [6, 6.07) is 0. The third kappa shape index (κ3) is 4.16. The zero-order chi connectivity index (χ0) is 19.1. The third-order valence-corrected chi connectivity index (χ3v) is 7.88. The number of amides is 1. The van der Waals surface area contributed by atoms with Crippen LogP contribution in [0.5, 0.6) is 0 Å². The SMILES string of the molecule is Cc1n[nH]c(C)c1S(=O)(=O)N1CCCC(C(=O)N2CCC(C)(CN)C2)C1.Cl. The Morgan fingerprint density at radius 2 is 2.07 bits per heavy atom. The van der Waals surface area contributed by atoms with E-state index in [1.807, 2.05) is 4.90 Å². The van der Waals surface area contributed by atoms with Gasteiger partial charge in [-0.2, -0.15) is 9.40 Å². The van der Waals surface area contributed by atoms with E-state index in [1.54, 1.807) is 13.8 Å². The average molecular weight is 420 g/mol. The van der Waals surface area contributed by atoms with Crippen LogP contribution < -0.4 is 5.73 Å². The maximum absolute atomic E-state index is 13.1. The molecule has 0 aliphatic carbocycles. The van der Waals surface area contributed by atoms with Crippen LogP contribution >= 0.6 is 12.4 Å². The number of nitrogens with two attached hydrogens (primary N) is 1. The lowest BCUT2D eigenvalue weighted by molar-refractivity contribution is -0.136. The van der Waals surface area contributed by atoms with Gasteiger partial charge in [-0.25, -0.2) is 8.42 Å². The van der Waals surface area contributed by atoms with Gasteiger partial charge in [0.1, 0.15) is 4.90 Å². The minimum Gasteiger partial charge on any atom is -0.342 e. The normalized spacial score (nSPS) is 26.8. The van der Waals surface area contributed by atoms with Crippen LogP contribution in [-0.4, -0.2) is 66.5 Å². The molecule has 2 atom stereocenters. The topological polar surface area (TPSA) is 112 Å². The van der Waals surface area contributed by atoms with Gasteiger partial charge < -0.3 is 10.6 Å². The number of aryl methyl sites for hydroxylation is 2. The smallest absolute Gasteiger partial charge is 0.246 e. The fraction of sp³-hybridized carbons (Fsp3) is 0.765. The summed E-state index contributed by atoms with van der Waals surface area (Å²) in [7, 11) is -3.65. The van der Waals surface area contributed by atoms with E-state index in [4.69, 9.17) is 5.73 Å². The summed E-state index contributed by atoms with van der Waals surface area (Å²) in [5.74, 6) is -0.228. The zero-order valence-corrected chi connectivity index (χ0v) is 17.8. The summed E-state index contributed by atoms with van der Waals surface area (Å²) in [6.07, 6.45) is 2.31. The number of likely N-dealkylation sites (tertiary alicyclic amines) is 1. The van der Waals surface area contributed by atoms with Gasteiger partial charge in [0.05, 0.1) is 17.3 Å². The fourth-order valence-corrected chi connectivity index (χ4v) is 5.90. The van der Waals surface area contributed by atoms with Gasteiger partial charge in [-0.1, -0.05) is 6.92 Å². The highest BCUT2D eigenvalue weighted by molar-refractivity contribution is 7.89. The van der Waals surface area contributed by atoms with Crippen LogP contribution in [0.15, 0.2) is 4.90 Å². The van der Waals surface area contributed by atoms with Crippen LogP contribution in [0.4, 0.5) is 0 Å². The third-order valence-electron chi connectivity index (χ3n) is 5.75. The van der Waals surface area contributed by atoms with Crippen LogP contribution in [0.1, 0.15) is 37.6 Å². The first-order valence-corrected chi connectivity index (χ1v) is 10.6. The predicted molar refractivity (Wildman–Crippen MR) is 105 cm³/mol. The first-order chi connectivity index (χ1) is 12.2. The van der Waals surface area contributed by atoms with Crippen molar-refractivity contribution in [3.8, 4) is 0 Å². The number of carbonyl (C=O) groups is 1. The molecule has 3 N–H and O–H groups in total. The second-order valence-corrected chi connectivity index (χ2v) is 9.86. The molecule has 2 fully saturated rings. The molecule has 27 heavy (non-hydrogen) atoms. The molecule has 0 aromatic carbocycles. The molecule has 1 amide bonds. The molecule has 2 aliphatic rings. The molecule has 8 nitrogen and oxygen atoms in total. The molecule has 0 radical (unpaired) electrons. The van der Waals surface area contributed by atoms with E-state index in [9.17, 15) is 13.2 Å². The quantitative estimate of drug-likeness (QED) is 0.757. The number of piperidine rings is 1. The summed E-state index contributed by atoms with van der Waals surface area (Å²) >= 11 is 0. The molecule has 2 aliphatic heterocycles. The summed E-state index contributed by atoms with van der Waals surface area (Å²) in [4.78, 5) is 15.0. The number of carbonyl (C=O) groups excluding carboxylic acids is 1. The number of sulfonamides is 1. The number of nitrogens with one attached hydrogen (secondary N) is 1. The molecular weight excluding hydrogens is 390 g/mol. The van der Waals surface area contributed by atoms with Crippen LogP contribution in [0.25, 0.3) is 0 Å². The van der Waals surface area contributed by atoms with Crippen molar-refractivity contribution in [3.63, 3.8) is 0 Å². The number of halogens is 1. The Kier molecular flexibility index (Phi) is 6.61. The van der Waals surface area contributed by atoms with Crippen molar-refractivity contribution in [3.05, 3.63) is 11.4 Å². The number of rotatable bonds is 4. The van der Waals surface area contributed by atoms with Crippen molar-refractivity contribution in [2.75, 3.05) is 32.7 Å². The molecule has 0 saturated carbocycles. The molecule has 10 heteroatoms. The van der Waals surface area contributed by atoms with Crippen molar-refractivity contribution in [2.45, 2.75) is 44.9 Å². The molecule has 3 rings (SSSR count). The summed E-state index contributed by atoms with van der Waals surface area (Å²) < 4.78 is 27.6.